The number of amides is 1. The molecular formula is C22H35N3O2. The third-order valence-electron chi connectivity index (χ3n) is 5.91. The molecule has 150 valence electrons. The number of benzene rings is 1. The molecule has 0 N–H and O–H groups in total. The summed E-state index contributed by atoms with van der Waals surface area (Å²) in [5.41, 5.74) is 0. The Morgan fingerprint density at radius 1 is 1.07 bits per heavy atom. The summed E-state index contributed by atoms with van der Waals surface area (Å²) in [4.78, 5) is 19.8. The van der Waals surface area contributed by atoms with Gasteiger partial charge in [0.2, 0.25) is 5.91 Å². The molecule has 3 atom stereocenters. The molecule has 2 heterocycles. The standard InChI is InChI=1S/C22H35N3O2/c1-18-15-19(2)17-25(16-18)22(26)20(3)24-11-9-23(10-12-24)13-14-27-21-7-5-4-6-8-21/h4-8,18-20H,9-17H2,1-3H3. The number of likely N-dealkylation sites (tertiary alicyclic amines) is 1. The van der Waals surface area contributed by atoms with Gasteiger partial charge in [-0.05, 0) is 37.3 Å². The Morgan fingerprint density at radius 2 is 1.70 bits per heavy atom. The summed E-state index contributed by atoms with van der Waals surface area (Å²) in [6.07, 6.45) is 1.24. The monoisotopic (exact) mass is 373 g/mol. The van der Waals surface area contributed by atoms with Crippen molar-refractivity contribution in [2.24, 2.45) is 11.8 Å². The van der Waals surface area contributed by atoms with Crippen molar-refractivity contribution in [3.63, 3.8) is 0 Å². The molecule has 3 unspecified atom stereocenters. The largest absolute Gasteiger partial charge is 0.492 e. The molecule has 1 aromatic rings. The van der Waals surface area contributed by atoms with Gasteiger partial charge >= 0.3 is 0 Å². The fraction of sp³-hybridized carbons (Fsp3) is 0.682. The highest BCUT2D eigenvalue weighted by molar-refractivity contribution is 5.81. The molecule has 2 fully saturated rings. The third-order valence-corrected chi connectivity index (χ3v) is 5.91. The summed E-state index contributed by atoms with van der Waals surface area (Å²) in [5, 5.41) is 0. The van der Waals surface area contributed by atoms with Gasteiger partial charge in [0.15, 0.2) is 0 Å². The molecule has 0 spiro atoms. The lowest BCUT2D eigenvalue weighted by Crippen LogP contribution is -2.56. The van der Waals surface area contributed by atoms with E-state index in [-0.39, 0.29) is 6.04 Å². The first-order valence-electron chi connectivity index (χ1n) is 10.5. The molecule has 0 aromatic heterocycles. The Labute approximate surface area is 164 Å². The van der Waals surface area contributed by atoms with Crippen LogP contribution in [-0.2, 0) is 4.79 Å². The maximum Gasteiger partial charge on any atom is 0.239 e. The van der Waals surface area contributed by atoms with Crippen molar-refractivity contribution in [1.29, 1.82) is 0 Å². The molecule has 0 bridgehead atoms. The lowest BCUT2D eigenvalue weighted by atomic mass is 9.91. The molecule has 0 saturated carbocycles. The molecule has 1 aromatic carbocycles. The first kappa shape index (κ1) is 20.2. The van der Waals surface area contributed by atoms with E-state index in [0.29, 0.717) is 24.3 Å². The number of para-hydroxylation sites is 1. The van der Waals surface area contributed by atoms with Crippen LogP contribution in [0.15, 0.2) is 30.3 Å². The van der Waals surface area contributed by atoms with Crippen molar-refractivity contribution >= 4 is 5.91 Å². The SMILES string of the molecule is CC1CC(C)CN(C(=O)C(C)N2CCN(CCOc3ccccc3)CC2)C1. The van der Waals surface area contributed by atoms with Crippen LogP contribution in [0.1, 0.15) is 27.2 Å². The maximum absolute atomic E-state index is 12.9. The zero-order chi connectivity index (χ0) is 19.2. The normalized spacial score (nSPS) is 26.0. The molecular weight excluding hydrogens is 338 g/mol. The Hall–Kier alpha value is -1.59. The van der Waals surface area contributed by atoms with Crippen molar-refractivity contribution < 1.29 is 9.53 Å². The number of carbonyl (C=O) groups excluding carboxylic acids is 1. The van der Waals surface area contributed by atoms with Crippen molar-refractivity contribution in [3.05, 3.63) is 30.3 Å². The van der Waals surface area contributed by atoms with E-state index in [1.54, 1.807) is 0 Å². The summed E-state index contributed by atoms with van der Waals surface area (Å²) in [6, 6.07) is 9.97. The molecule has 3 rings (SSSR count). The van der Waals surface area contributed by atoms with E-state index in [9.17, 15) is 4.79 Å². The highest BCUT2D eigenvalue weighted by Crippen LogP contribution is 2.22. The van der Waals surface area contributed by atoms with Gasteiger partial charge in [-0.3, -0.25) is 14.6 Å². The van der Waals surface area contributed by atoms with Crippen molar-refractivity contribution in [1.82, 2.24) is 14.7 Å². The lowest BCUT2D eigenvalue weighted by molar-refractivity contribution is -0.139. The van der Waals surface area contributed by atoms with Crippen LogP contribution in [0.25, 0.3) is 0 Å². The summed E-state index contributed by atoms with van der Waals surface area (Å²) in [7, 11) is 0. The minimum absolute atomic E-state index is 0.00906. The summed E-state index contributed by atoms with van der Waals surface area (Å²) in [5.74, 6) is 2.48. The Morgan fingerprint density at radius 3 is 2.33 bits per heavy atom. The van der Waals surface area contributed by atoms with Gasteiger partial charge in [-0.1, -0.05) is 32.0 Å². The minimum atomic E-state index is -0.00906. The quantitative estimate of drug-likeness (QED) is 0.768. The van der Waals surface area contributed by atoms with Gasteiger partial charge in [-0.15, -0.1) is 0 Å². The van der Waals surface area contributed by atoms with Crippen molar-refractivity contribution in [2.45, 2.75) is 33.2 Å². The summed E-state index contributed by atoms with van der Waals surface area (Å²) < 4.78 is 5.80. The second-order valence-electron chi connectivity index (χ2n) is 8.40. The number of ether oxygens (including phenoxy) is 1. The highest BCUT2D eigenvalue weighted by Gasteiger charge is 2.32. The molecule has 1 amide bonds. The van der Waals surface area contributed by atoms with Crippen LogP contribution in [0.3, 0.4) is 0 Å². The molecule has 2 aliphatic rings. The number of carbonyl (C=O) groups is 1. The van der Waals surface area contributed by atoms with E-state index >= 15 is 0 Å². The van der Waals surface area contributed by atoms with E-state index < -0.39 is 0 Å². The molecule has 5 heteroatoms. The molecule has 0 radical (unpaired) electrons. The number of hydrogen-bond donors (Lipinski definition) is 0. The average molecular weight is 374 g/mol. The molecule has 0 aliphatic carbocycles. The number of piperidine rings is 1. The minimum Gasteiger partial charge on any atom is -0.492 e. The fourth-order valence-corrected chi connectivity index (χ4v) is 4.45. The first-order valence-corrected chi connectivity index (χ1v) is 10.5. The number of nitrogens with zero attached hydrogens (tertiary/aromatic N) is 3. The van der Waals surface area contributed by atoms with E-state index in [1.807, 2.05) is 30.3 Å². The molecule has 2 saturated heterocycles. The predicted molar refractivity (Wildman–Crippen MR) is 109 cm³/mol. The number of rotatable bonds is 6. The van der Waals surface area contributed by atoms with E-state index in [0.717, 1.165) is 51.6 Å². The van der Waals surface area contributed by atoms with Crippen molar-refractivity contribution in [3.8, 4) is 5.75 Å². The van der Waals surface area contributed by atoms with Gasteiger partial charge in [0.05, 0.1) is 6.04 Å². The number of piperazine rings is 1. The first-order chi connectivity index (χ1) is 13.0. The van der Waals surface area contributed by atoms with Crippen LogP contribution < -0.4 is 4.74 Å². The molecule has 2 aliphatic heterocycles. The predicted octanol–water partition coefficient (Wildman–Crippen LogP) is 2.58. The van der Waals surface area contributed by atoms with Crippen LogP contribution in [0, 0.1) is 11.8 Å². The van der Waals surface area contributed by atoms with Gasteiger partial charge in [-0.2, -0.15) is 0 Å². The maximum atomic E-state index is 12.9. The average Bonchev–Trinajstić information content (AvgIpc) is 2.67. The van der Waals surface area contributed by atoms with E-state index in [1.165, 1.54) is 6.42 Å². The van der Waals surface area contributed by atoms with Crippen LogP contribution in [0.5, 0.6) is 5.75 Å². The smallest absolute Gasteiger partial charge is 0.239 e. The summed E-state index contributed by atoms with van der Waals surface area (Å²) >= 11 is 0. The van der Waals surface area contributed by atoms with E-state index in [2.05, 4.69) is 35.5 Å². The summed E-state index contributed by atoms with van der Waals surface area (Å²) in [6.45, 7) is 14.0. The highest BCUT2D eigenvalue weighted by atomic mass is 16.5. The van der Waals surface area contributed by atoms with Gasteiger partial charge in [0.1, 0.15) is 12.4 Å². The van der Waals surface area contributed by atoms with Crippen LogP contribution >= 0.6 is 0 Å². The van der Waals surface area contributed by atoms with Crippen LogP contribution in [0.2, 0.25) is 0 Å². The Kier molecular flexibility index (Phi) is 7.13. The van der Waals surface area contributed by atoms with Gasteiger partial charge in [0, 0.05) is 45.8 Å². The number of hydrogen-bond acceptors (Lipinski definition) is 4. The Bertz CT molecular complexity index is 576. The van der Waals surface area contributed by atoms with Gasteiger partial charge in [-0.25, -0.2) is 0 Å². The zero-order valence-electron chi connectivity index (χ0n) is 17.1. The Balaban J connectivity index is 1.39. The third kappa shape index (κ3) is 5.69. The van der Waals surface area contributed by atoms with Gasteiger partial charge < -0.3 is 9.64 Å². The molecule has 27 heavy (non-hydrogen) atoms. The second-order valence-corrected chi connectivity index (χ2v) is 8.40. The van der Waals surface area contributed by atoms with Crippen LogP contribution in [0.4, 0.5) is 0 Å². The van der Waals surface area contributed by atoms with Crippen molar-refractivity contribution in [2.75, 3.05) is 52.4 Å². The lowest BCUT2D eigenvalue weighted by Gasteiger charge is -2.41. The second kappa shape index (κ2) is 9.56. The zero-order valence-corrected chi connectivity index (χ0v) is 17.1. The van der Waals surface area contributed by atoms with Crippen LogP contribution in [-0.4, -0.2) is 79.1 Å². The fourth-order valence-electron chi connectivity index (χ4n) is 4.45. The van der Waals surface area contributed by atoms with Gasteiger partial charge in [0.25, 0.3) is 0 Å². The topological polar surface area (TPSA) is 36.0 Å². The molecule has 5 nitrogen and oxygen atoms in total. The van der Waals surface area contributed by atoms with E-state index in [4.69, 9.17) is 4.74 Å².